The fraction of sp³-hybridized carbons (Fsp3) is 0.111. The molecule has 3 rings (SSSR count). The Hall–Kier alpha value is -3.38. The Morgan fingerprint density at radius 3 is 2.32 bits per heavy atom. The SMILES string of the molecule is N#C/C(=C\c1ccc(Cl)cc1)Cn1nnn(-c2ccc(C(F)(F)F)cc2)c1=O. The summed E-state index contributed by atoms with van der Waals surface area (Å²) in [6.45, 7) is -0.140. The molecule has 0 saturated carbocycles. The molecular weight excluding hydrogens is 395 g/mol. The van der Waals surface area contributed by atoms with E-state index in [0.717, 1.165) is 33.6 Å². The highest BCUT2D eigenvalue weighted by atomic mass is 35.5. The van der Waals surface area contributed by atoms with Crippen molar-refractivity contribution in [2.75, 3.05) is 0 Å². The van der Waals surface area contributed by atoms with Crippen molar-refractivity contribution >= 4 is 17.7 Å². The summed E-state index contributed by atoms with van der Waals surface area (Å²) in [4.78, 5) is 12.4. The minimum atomic E-state index is -4.48. The van der Waals surface area contributed by atoms with E-state index < -0.39 is 17.4 Å². The Bertz CT molecular complexity index is 1110. The molecule has 0 aliphatic rings. The van der Waals surface area contributed by atoms with E-state index in [9.17, 15) is 23.2 Å². The molecule has 0 fully saturated rings. The van der Waals surface area contributed by atoms with E-state index in [1.54, 1.807) is 30.3 Å². The minimum absolute atomic E-state index is 0.129. The van der Waals surface area contributed by atoms with Crippen LogP contribution in [0, 0.1) is 11.3 Å². The van der Waals surface area contributed by atoms with Gasteiger partial charge in [-0.1, -0.05) is 23.7 Å². The molecule has 0 atom stereocenters. The van der Waals surface area contributed by atoms with Crippen molar-refractivity contribution in [3.8, 4) is 11.8 Å². The maximum absolute atomic E-state index is 12.6. The summed E-state index contributed by atoms with van der Waals surface area (Å²) < 4.78 is 39.7. The molecule has 3 aromatic rings. The highest BCUT2D eigenvalue weighted by molar-refractivity contribution is 6.30. The predicted octanol–water partition coefficient (Wildman–Crippen LogP) is 3.71. The Kier molecular flexibility index (Phi) is 5.33. The molecular formula is C18H11ClF3N5O. The van der Waals surface area contributed by atoms with Crippen LogP contribution in [-0.2, 0) is 12.7 Å². The minimum Gasteiger partial charge on any atom is -0.244 e. The highest BCUT2D eigenvalue weighted by Gasteiger charge is 2.30. The van der Waals surface area contributed by atoms with Gasteiger partial charge in [0.05, 0.1) is 29.4 Å². The van der Waals surface area contributed by atoms with Crippen LogP contribution in [0.5, 0.6) is 0 Å². The van der Waals surface area contributed by atoms with E-state index in [1.807, 2.05) is 6.07 Å². The first-order chi connectivity index (χ1) is 13.3. The molecule has 0 amide bonds. The number of nitriles is 1. The van der Waals surface area contributed by atoms with Gasteiger partial charge in [0.2, 0.25) is 0 Å². The summed E-state index contributed by atoms with van der Waals surface area (Å²) in [5, 5.41) is 17.2. The molecule has 0 N–H and O–H groups in total. The number of tetrazole rings is 1. The maximum Gasteiger partial charge on any atom is 0.416 e. The lowest BCUT2D eigenvalue weighted by atomic mass is 10.1. The Balaban J connectivity index is 1.85. The first-order valence-electron chi connectivity index (χ1n) is 7.84. The smallest absolute Gasteiger partial charge is 0.244 e. The van der Waals surface area contributed by atoms with Crippen molar-refractivity contribution < 1.29 is 13.2 Å². The average molecular weight is 406 g/mol. The van der Waals surface area contributed by atoms with Crippen LogP contribution >= 0.6 is 11.6 Å². The van der Waals surface area contributed by atoms with Gasteiger partial charge in [-0.15, -0.1) is 0 Å². The molecule has 0 spiro atoms. The van der Waals surface area contributed by atoms with Gasteiger partial charge in [0.25, 0.3) is 0 Å². The number of nitrogens with zero attached hydrogens (tertiary/aromatic N) is 5. The molecule has 1 aromatic heterocycles. The van der Waals surface area contributed by atoms with Crippen LogP contribution in [0.25, 0.3) is 11.8 Å². The molecule has 2 aromatic carbocycles. The lowest BCUT2D eigenvalue weighted by Gasteiger charge is -2.06. The van der Waals surface area contributed by atoms with Crippen molar-refractivity contribution in [1.29, 1.82) is 5.26 Å². The van der Waals surface area contributed by atoms with Crippen LogP contribution in [0.4, 0.5) is 13.2 Å². The molecule has 0 bridgehead atoms. The van der Waals surface area contributed by atoms with Crippen molar-refractivity contribution in [3.05, 3.63) is 80.7 Å². The number of halogens is 4. The molecule has 142 valence electrons. The van der Waals surface area contributed by atoms with E-state index in [0.29, 0.717) is 10.6 Å². The van der Waals surface area contributed by atoms with E-state index in [4.69, 9.17) is 11.6 Å². The van der Waals surface area contributed by atoms with Crippen molar-refractivity contribution in [2.45, 2.75) is 12.7 Å². The highest BCUT2D eigenvalue weighted by Crippen LogP contribution is 2.29. The van der Waals surface area contributed by atoms with Gasteiger partial charge >= 0.3 is 11.9 Å². The summed E-state index contributed by atoms with van der Waals surface area (Å²) >= 11 is 5.81. The first kappa shape index (κ1) is 19.4. The van der Waals surface area contributed by atoms with Gasteiger partial charge in [0, 0.05) is 5.02 Å². The third kappa shape index (κ3) is 4.29. The van der Waals surface area contributed by atoms with E-state index in [-0.39, 0.29) is 17.8 Å². The number of hydrogen-bond donors (Lipinski definition) is 0. The van der Waals surface area contributed by atoms with Gasteiger partial charge in [0.1, 0.15) is 0 Å². The molecule has 1 heterocycles. The van der Waals surface area contributed by atoms with Gasteiger partial charge in [-0.3, -0.25) is 0 Å². The zero-order chi connectivity index (χ0) is 20.3. The topological polar surface area (TPSA) is 76.5 Å². The quantitative estimate of drug-likeness (QED) is 0.620. The summed E-state index contributed by atoms with van der Waals surface area (Å²) in [7, 11) is 0. The molecule has 0 radical (unpaired) electrons. The van der Waals surface area contributed by atoms with Gasteiger partial charge in [0.15, 0.2) is 0 Å². The average Bonchev–Trinajstić information content (AvgIpc) is 3.02. The van der Waals surface area contributed by atoms with Crippen LogP contribution < -0.4 is 5.69 Å². The molecule has 10 heteroatoms. The van der Waals surface area contributed by atoms with Crippen LogP contribution in [-0.4, -0.2) is 19.8 Å². The van der Waals surface area contributed by atoms with Crippen molar-refractivity contribution in [2.24, 2.45) is 0 Å². The number of benzene rings is 2. The number of alkyl halides is 3. The lowest BCUT2D eigenvalue weighted by Crippen LogP contribution is -2.25. The van der Waals surface area contributed by atoms with Gasteiger partial charge in [-0.05, 0) is 58.5 Å². The maximum atomic E-state index is 12.6. The van der Waals surface area contributed by atoms with Crippen LogP contribution in [0.3, 0.4) is 0 Å². The number of allylic oxidation sites excluding steroid dienone is 1. The third-order valence-electron chi connectivity index (χ3n) is 3.75. The molecule has 28 heavy (non-hydrogen) atoms. The van der Waals surface area contributed by atoms with E-state index >= 15 is 0 Å². The molecule has 6 nitrogen and oxygen atoms in total. The molecule has 0 saturated heterocycles. The lowest BCUT2D eigenvalue weighted by molar-refractivity contribution is -0.137. The molecule has 0 aliphatic carbocycles. The van der Waals surface area contributed by atoms with Crippen LogP contribution in [0.1, 0.15) is 11.1 Å². The molecule has 0 aliphatic heterocycles. The first-order valence-corrected chi connectivity index (χ1v) is 8.22. The van der Waals surface area contributed by atoms with Crippen LogP contribution in [0.15, 0.2) is 58.9 Å². The van der Waals surface area contributed by atoms with E-state index in [2.05, 4.69) is 10.4 Å². The number of rotatable bonds is 4. The fourth-order valence-corrected chi connectivity index (χ4v) is 2.49. The van der Waals surface area contributed by atoms with Gasteiger partial charge in [-0.2, -0.15) is 27.8 Å². The van der Waals surface area contributed by atoms with Crippen molar-refractivity contribution in [1.82, 2.24) is 19.8 Å². The Morgan fingerprint density at radius 1 is 1.11 bits per heavy atom. The van der Waals surface area contributed by atoms with Crippen LogP contribution in [0.2, 0.25) is 5.02 Å². The zero-order valence-electron chi connectivity index (χ0n) is 14.1. The summed E-state index contributed by atoms with van der Waals surface area (Å²) in [5.41, 5.74) is -0.441. The zero-order valence-corrected chi connectivity index (χ0v) is 14.8. The molecule has 0 unspecified atom stereocenters. The van der Waals surface area contributed by atoms with Gasteiger partial charge in [-0.25, -0.2) is 4.79 Å². The number of aromatic nitrogens is 4. The monoisotopic (exact) mass is 405 g/mol. The van der Waals surface area contributed by atoms with Gasteiger partial charge < -0.3 is 0 Å². The fourth-order valence-electron chi connectivity index (χ4n) is 2.36. The summed E-state index contributed by atoms with van der Waals surface area (Å²) in [5.74, 6) is 0. The normalized spacial score (nSPS) is 12.0. The second-order valence-corrected chi connectivity index (χ2v) is 6.14. The second-order valence-electron chi connectivity index (χ2n) is 5.71. The second kappa shape index (κ2) is 7.70. The third-order valence-corrected chi connectivity index (χ3v) is 4.01. The number of hydrogen-bond acceptors (Lipinski definition) is 4. The Labute approximate surface area is 161 Å². The largest absolute Gasteiger partial charge is 0.416 e. The summed E-state index contributed by atoms with van der Waals surface area (Å²) in [6, 6.07) is 12.7. The van der Waals surface area contributed by atoms with Crippen molar-refractivity contribution in [3.63, 3.8) is 0 Å². The standard InChI is InChI=1S/C18H11ClF3N5O/c19-15-5-1-12(2-6-15)9-13(10-23)11-26-17(28)27(25-24-26)16-7-3-14(4-8-16)18(20,21)22/h1-9H,11H2/b13-9+. The van der Waals surface area contributed by atoms with E-state index in [1.165, 1.54) is 0 Å². The predicted molar refractivity (Wildman–Crippen MR) is 95.7 cm³/mol. The Morgan fingerprint density at radius 2 is 1.75 bits per heavy atom. The summed E-state index contributed by atoms with van der Waals surface area (Å²) in [6.07, 6.45) is -2.91.